The van der Waals surface area contributed by atoms with Gasteiger partial charge in [-0.05, 0) is 48.2 Å². The van der Waals surface area contributed by atoms with E-state index in [0.717, 1.165) is 13.1 Å². The highest BCUT2D eigenvalue weighted by Crippen LogP contribution is 2.44. The fraction of sp³-hybridized carbons (Fsp3) is 0.391. The first kappa shape index (κ1) is 19.5. The third kappa shape index (κ3) is 4.27. The maximum atomic E-state index is 12.2. The average molecular weight is 394 g/mol. The number of aliphatic carboxylic acids is 1. The van der Waals surface area contributed by atoms with Crippen LogP contribution in [0.1, 0.15) is 29.9 Å². The van der Waals surface area contributed by atoms with Gasteiger partial charge < -0.3 is 20.1 Å². The Morgan fingerprint density at radius 3 is 2.17 bits per heavy atom. The molecule has 0 radical (unpaired) electrons. The number of rotatable bonds is 6. The Hall–Kier alpha value is -2.86. The first-order valence-corrected chi connectivity index (χ1v) is 10.2. The number of nitrogens with one attached hydrogen (secondary N) is 1. The van der Waals surface area contributed by atoms with Crippen molar-refractivity contribution >= 4 is 12.1 Å². The Bertz CT molecular complexity index is 844. The summed E-state index contributed by atoms with van der Waals surface area (Å²) in [5.41, 5.74) is 4.81. The van der Waals surface area contributed by atoms with Gasteiger partial charge in [-0.25, -0.2) is 4.79 Å². The highest BCUT2D eigenvalue weighted by Gasteiger charge is 2.29. The van der Waals surface area contributed by atoms with Crippen molar-refractivity contribution in [3.8, 4) is 11.1 Å². The summed E-state index contributed by atoms with van der Waals surface area (Å²) in [6, 6.07) is 16.5. The van der Waals surface area contributed by atoms with E-state index in [1.54, 1.807) is 0 Å². The SMILES string of the molecule is O=C(NCCN1CCC(C(=O)O)CC1)OCC1c2ccccc2-c2ccccc21. The van der Waals surface area contributed by atoms with Crippen molar-refractivity contribution in [2.24, 2.45) is 5.92 Å². The van der Waals surface area contributed by atoms with Gasteiger partial charge in [-0.3, -0.25) is 4.79 Å². The van der Waals surface area contributed by atoms with Gasteiger partial charge in [0.1, 0.15) is 6.61 Å². The zero-order valence-electron chi connectivity index (χ0n) is 16.3. The lowest BCUT2D eigenvalue weighted by Gasteiger charge is -2.29. The lowest BCUT2D eigenvalue weighted by molar-refractivity contribution is -0.143. The van der Waals surface area contributed by atoms with Crippen LogP contribution < -0.4 is 5.32 Å². The molecule has 1 amide bonds. The number of fused-ring (bicyclic) bond motifs is 3. The smallest absolute Gasteiger partial charge is 0.407 e. The fourth-order valence-corrected chi connectivity index (χ4v) is 4.37. The Labute approximate surface area is 170 Å². The van der Waals surface area contributed by atoms with Crippen molar-refractivity contribution in [1.82, 2.24) is 10.2 Å². The first-order valence-electron chi connectivity index (χ1n) is 10.2. The molecule has 0 unspecified atom stereocenters. The third-order valence-electron chi connectivity index (χ3n) is 5.98. The fourth-order valence-electron chi connectivity index (χ4n) is 4.37. The van der Waals surface area contributed by atoms with Crippen molar-refractivity contribution in [2.75, 3.05) is 32.8 Å². The van der Waals surface area contributed by atoms with E-state index in [0.29, 0.717) is 32.5 Å². The third-order valence-corrected chi connectivity index (χ3v) is 5.98. The van der Waals surface area contributed by atoms with Crippen LogP contribution in [-0.2, 0) is 9.53 Å². The van der Waals surface area contributed by atoms with Gasteiger partial charge >= 0.3 is 12.1 Å². The summed E-state index contributed by atoms with van der Waals surface area (Å²) < 4.78 is 5.53. The minimum absolute atomic E-state index is 0.0585. The summed E-state index contributed by atoms with van der Waals surface area (Å²) in [5.74, 6) is -0.883. The number of hydrogen-bond donors (Lipinski definition) is 2. The molecule has 6 heteroatoms. The van der Waals surface area contributed by atoms with Gasteiger partial charge in [0.05, 0.1) is 5.92 Å². The normalized spacial score (nSPS) is 16.8. The minimum atomic E-state index is -0.707. The summed E-state index contributed by atoms with van der Waals surface area (Å²) in [6.45, 7) is 3.02. The van der Waals surface area contributed by atoms with Gasteiger partial charge in [0.2, 0.25) is 0 Å². The first-order chi connectivity index (χ1) is 14.1. The Morgan fingerprint density at radius 2 is 1.59 bits per heavy atom. The molecule has 1 aliphatic carbocycles. The van der Waals surface area contributed by atoms with Crippen molar-refractivity contribution < 1.29 is 19.4 Å². The molecule has 29 heavy (non-hydrogen) atoms. The number of ether oxygens (including phenoxy) is 1. The van der Waals surface area contributed by atoms with E-state index in [2.05, 4.69) is 34.5 Å². The van der Waals surface area contributed by atoms with Crippen LogP contribution in [0.5, 0.6) is 0 Å². The molecule has 0 atom stereocenters. The molecule has 2 N–H and O–H groups in total. The molecule has 0 bridgehead atoms. The average Bonchev–Trinajstić information content (AvgIpc) is 3.06. The topological polar surface area (TPSA) is 78.9 Å². The highest BCUT2D eigenvalue weighted by atomic mass is 16.5. The summed E-state index contributed by atoms with van der Waals surface area (Å²) in [6.07, 6.45) is 0.924. The molecular weight excluding hydrogens is 368 g/mol. The maximum absolute atomic E-state index is 12.2. The van der Waals surface area contributed by atoms with E-state index in [-0.39, 0.29) is 11.8 Å². The lowest BCUT2D eigenvalue weighted by atomic mass is 9.97. The predicted molar refractivity (Wildman–Crippen MR) is 110 cm³/mol. The van der Waals surface area contributed by atoms with Gasteiger partial charge in [-0.15, -0.1) is 0 Å². The number of nitrogens with zero attached hydrogens (tertiary/aromatic N) is 1. The van der Waals surface area contributed by atoms with E-state index in [1.807, 2.05) is 24.3 Å². The van der Waals surface area contributed by atoms with Crippen molar-refractivity contribution in [2.45, 2.75) is 18.8 Å². The molecule has 2 aliphatic rings. The molecule has 1 saturated heterocycles. The van der Waals surface area contributed by atoms with E-state index < -0.39 is 12.1 Å². The van der Waals surface area contributed by atoms with Gasteiger partial charge in [0.25, 0.3) is 0 Å². The van der Waals surface area contributed by atoms with Crippen molar-refractivity contribution in [3.05, 3.63) is 59.7 Å². The van der Waals surface area contributed by atoms with E-state index in [1.165, 1.54) is 22.3 Å². The van der Waals surface area contributed by atoms with Crippen LogP contribution in [0.4, 0.5) is 4.79 Å². The van der Waals surface area contributed by atoms with Crippen LogP contribution in [0.2, 0.25) is 0 Å². The van der Waals surface area contributed by atoms with Gasteiger partial charge in [0.15, 0.2) is 0 Å². The van der Waals surface area contributed by atoms with Crippen LogP contribution in [0, 0.1) is 5.92 Å². The second-order valence-corrected chi connectivity index (χ2v) is 7.71. The van der Waals surface area contributed by atoms with E-state index in [9.17, 15) is 9.59 Å². The molecule has 0 spiro atoms. The van der Waals surface area contributed by atoms with Gasteiger partial charge in [0, 0.05) is 19.0 Å². The number of carbonyl (C=O) groups is 2. The predicted octanol–water partition coefficient (Wildman–Crippen LogP) is 3.32. The monoisotopic (exact) mass is 394 g/mol. The summed E-state index contributed by atoms with van der Waals surface area (Å²) in [7, 11) is 0. The highest BCUT2D eigenvalue weighted by molar-refractivity contribution is 5.79. The van der Waals surface area contributed by atoms with Crippen LogP contribution in [-0.4, -0.2) is 54.9 Å². The lowest BCUT2D eigenvalue weighted by Crippen LogP contribution is -2.41. The Morgan fingerprint density at radius 1 is 1.00 bits per heavy atom. The van der Waals surface area contributed by atoms with Gasteiger partial charge in [-0.2, -0.15) is 0 Å². The largest absolute Gasteiger partial charge is 0.481 e. The van der Waals surface area contributed by atoms with Crippen LogP contribution in [0.3, 0.4) is 0 Å². The molecule has 0 aromatic heterocycles. The number of hydrogen-bond acceptors (Lipinski definition) is 4. The molecule has 1 heterocycles. The summed E-state index contributed by atoms with van der Waals surface area (Å²) >= 11 is 0. The number of benzene rings is 2. The Balaban J connectivity index is 1.25. The standard InChI is InChI=1S/C23H26N2O4/c26-22(27)16-9-12-25(13-10-16)14-11-24-23(28)29-15-21-19-7-3-1-5-17(19)18-6-2-4-8-20(18)21/h1-8,16,21H,9-15H2,(H,24,28)(H,26,27). The maximum Gasteiger partial charge on any atom is 0.407 e. The second kappa shape index (κ2) is 8.66. The van der Waals surface area contributed by atoms with Crippen LogP contribution in [0.15, 0.2) is 48.5 Å². The van der Waals surface area contributed by atoms with Crippen molar-refractivity contribution in [3.63, 3.8) is 0 Å². The van der Waals surface area contributed by atoms with Crippen LogP contribution >= 0.6 is 0 Å². The molecular formula is C23H26N2O4. The van der Waals surface area contributed by atoms with E-state index >= 15 is 0 Å². The summed E-state index contributed by atoms with van der Waals surface area (Å²) in [4.78, 5) is 25.4. The number of carboxylic acid groups (broad SMARTS) is 1. The molecule has 2 aromatic rings. The summed E-state index contributed by atoms with van der Waals surface area (Å²) in [5, 5.41) is 11.9. The number of piperidine rings is 1. The number of alkyl carbamates (subject to hydrolysis) is 1. The second-order valence-electron chi connectivity index (χ2n) is 7.71. The van der Waals surface area contributed by atoms with E-state index in [4.69, 9.17) is 9.84 Å². The van der Waals surface area contributed by atoms with Crippen molar-refractivity contribution in [1.29, 1.82) is 0 Å². The number of carboxylic acids is 1. The number of likely N-dealkylation sites (tertiary alicyclic amines) is 1. The number of amides is 1. The molecule has 4 rings (SSSR count). The van der Waals surface area contributed by atoms with Crippen LogP contribution in [0.25, 0.3) is 11.1 Å². The molecule has 152 valence electrons. The quantitative estimate of drug-likeness (QED) is 0.786. The van der Waals surface area contributed by atoms with Gasteiger partial charge in [-0.1, -0.05) is 48.5 Å². The molecule has 6 nitrogen and oxygen atoms in total. The molecule has 1 aliphatic heterocycles. The zero-order chi connectivity index (χ0) is 20.2. The molecule has 0 saturated carbocycles. The molecule has 2 aromatic carbocycles. The minimum Gasteiger partial charge on any atom is -0.481 e. The number of carbonyl (C=O) groups excluding carboxylic acids is 1. The Kier molecular flexibility index (Phi) is 5.81. The molecule has 1 fully saturated rings. The zero-order valence-corrected chi connectivity index (χ0v) is 16.3.